The molecular weight excluding hydrogens is 358 g/mol. The number of nitrogens with one attached hydrogen (secondary N) is 3. The second kappa shape index (κ2) is 10.5. The summed E-state index contributed by atoms with van der Waals surface area (Å²) in [4.78, 5) is 15.1. The van der Waals surface area contributed by atoms with Crippen LogP contribution in [0.2, 0.25) is 5.02 Å². The Hall–Kier alpha value is -1.88. The third kappa shape index (κ3) is 6.98. The quantitative estimate of drug-likeness (QED) is 0.563. The molecule has 2 aromatic rings. The number of carbonyl (C=O) groups is 1. The molecule has 1 aliphatic rings. The van der Waals surface area contributed by atoms with E-state index in [1.807, 2.05) is 18.2 Å². The number of hydrogen-bond donors (Lipinski definition) is 3. The SMILES string of the molecule is O=C(C[NH+]1CC[NH+](Cc2cccc(Cl)c2)CC1)NCCCc1ccccc1. The van der Waals surface area contributed by atoms with E-state index in [1.165, 1.54) is 16.0 Å². The molecule has 1 heterocycles. The van der Waals surface area contributed by atoms with Crippen molar-refractivity contribution >= 4 is 17.5 Å². The van der Waals surface area contributed by atoms with Gasteiger partial charge in [0.25, 0.3) is 5.91 Å². The highest BCUT2D eigenvalue weighted by atomic mass is 35.5. The van der Waals surface area contributed by atoms with Crippen LogP contribution in [0.3, 0.4) is 0 Å². The molecule has 1 amide bonds. The van der Waals surface area contributed by atoms with Crippen LogP contribution in [0.1, 0.15) is 17.5 Å². The van der Waals surface area contributed by atoms with Gasteiger partial charge in [-0.1, -0.05) is 54.1 Å². The van der Waals surface area contributed by atoms with E-state index in [9.17, 15) is 4.79 Å². The topological polar surface area (TPSA) is 38.0 Å². The fraction of sp³-hybridized carbons (Fsp3) is 0.409. The number of halogens is 1. The lowest BCUT2D eigenvalue weighted by molar-refractivity contribution is -1.02. The minimum Gasteiger partial charge on any atom is -0.351 e. The van der Waals surface area contributed by atoms with E-state index < -0.39 is 0 Å². The largest absolute Gasteiger partial charge is 0.351 e. The van der Waals surface area contributed by atoms with Crippen molar-refractivity contribution in [3.05, 3.63) is 70.7 Å². The van der Waals surface area contributed by atoms with Gasteiger partial charge in [-0.05, 0) is 30.5 Å². The van der Waals surface area contributed by atoms with Gasteiger partial charge in [0.2, 0.25) is 0 Å². The molecule has 0 saturated carbocycles. The maximum atomic E-state index is 12.2. The van der Waals surface area contributed by atoms with Gasteiger partial charge >= 0.3 is 0 Å². The Labute approximate surface area is 167 Å². The zero-order chi connectivity index (χ0) is 18.9. The first kappa shape index (κ1) is 19.9. The van der Waals surface area contributed by atoms with Crippen molar-refractivity contribution in [2.75, 3.05) is 39.3 Å². The van der Waals surface area contributed by atoms with Crippen molar-refractivity contribution in [2.45, 2.75) is 19.4 Å². The third-order valence-electron chi connectivity index (χ3n) is 5.23. The molecule has 3 N–H and O–H groups in total. The fourth-order valence-electron chi connectivity index (χ4n) is 3.70. The Morgan fingerprint density at radius 1 is 0.926 bits per heavy atom. The molecule has 3 rings (SSSR count). The Bertz CT molecular complexity index is 715. The number of rotatable bonds is 8. The standard InChI is InChI=1S/C22H28ClN3O/c23-21-10-4-8-20(16-21)17-25-12-14-26(15-13-25)18-22(27)24-11-5-9-19-6-2-1-3-7-19/h1-4,6-8,10,16H,5,9,11-15,17-18H2,(H,24,27)/p+2. The minimum absolute atomic E-state index is 0.177. The van der Waals surface area contributed by atoms with E-state index in [0.717, 1.165) is 57.1 Å². The molecule has 0 bridgehead atoms. The number of benzene rings is 2. The van der Waals surface area contributed by atoms with Gasteiger partial charge in [0.1, 0.15) is 32.7 Å². The molecule has 0 spiro atoms. The lowest BCUT2D eigenvalue weighted by atomic mass is 10.1. The van der Waals surface area contributed by atoms with Gasteiger partial charge in [-0.15, -0.1) is 0 Å². The summed E-state index contributed by atoms with van der Waals surface area (Å²) < 4.78 is 0. The molecular formula is C22H30ClN3O+2. The van der Waals surface area contributed by atoms with Gasteiger partial charge in [0.15, 0.2) is 6.54 Å². The van der Waals surface area contributed by atoms with E-state index >= 15 is 0 Å². The lowest BCUT2D eigenvalue weighted by Gasteiger charge is -2.29. The summed E-state index contributed by atoms with van der Waals surface area (Å²) in [6, 6.07) is 18.6. The summed E-state index contributed by atoms with van der Waals surface area (Å²) in [5.74, 6) is 0.177. The maximum absolute atomic E-state index is 12.2. The summed E-state index contributed by atoms with van der Waals surface area (Å²) in [5.41, 5.74) is 2.62. The first-order valence-corrected chi connectivity index (χ1v) is 10.3. The van der Waals surface area contributed by atoms with Crippen LogP contribution in [0.15, 0.2) is 54.6 Å². The highest BCUT2D eigenvalue weighted by Gasteiger charge is 2.24. The van der Waals surface area contributed by atoms with Gasteiger partial charge in [-0.2, -0.15) is 0 Å². The lowest BCUT2D eigenvalue weighted by Crippen LogP contribution is -3.28. The van der Waals surface area contributed by atoms with Crippen LogP contribution in [-0.4, -0.2) is 45.2 Å². The predicted octanol–water partition coefficient (Wildman–Crippen LogP) is 0.372. The van der Waals surface area contributed by atoms with Crippen LogP contribution < -0.4 is 15.1 Å². The van der Waals surface area contributed by atoms with Gasteiger partial charge in [-0.25, -0.2) is 0 Å². The summed E-state index contributed by atoms with van der Waals surface area (Å²) in [6.45, 7) is 6.66. The molecule has 144 valence electrons. The number of quaternary nitrogens is 2. The van der Waals surface area contributed by atoms with Crippen LogP contribution in [-0.2, 0) is 17.8 Å². The molecule has 2 aromatic carbocycles. The number of hydrogen-bond acceptors (Lipinski definition) is 1. The van der Waals surface area contributed by atoms with Crippen LogP contribution in [0, 0.1) is 0 Å². The van der Waals surface area contributed by atoms with Crippen LogP contribution in [0.25, 0.3) is 0 Å². The van der Waals surface area contributed by atoms with Crippen molar-refractivity contribution in [1.82, 2.24) is 5.32 Å². The molecule has 0 atom stereocenters. The summed E-state index contributed by atoms with van der Waals surface area (Å²) in [6.07, 6.45) is 2.00. The summed E-state index contributed by atoms with van der Waals surface area (Å²) >= 11 is 6.07. The second-order valence-electron chi connectivity index (χ2n) is 7.42. The minimum atomic E-state index is 0.177. The second-order valence-corrected chi connectivity index (χ2v) is 7.86. The van der Waals surface area contributed by atoms with Crippen LogP contribution >= 0.6 is 11.6 Å². The molecule has 0 aliphatic carbocycles. The number of piperazine rings is 1. The van der Waals surface area contributed by atoms with Crippen molar-refractivity contribution in [2.24, 2.45) is 0 Å². The summed E-state index contributed by atoms with van der Waals surface area (Å²) in [5, 5.41) is 3.88. The molecule has 4 nitrogen and oxygen atoms in total. The van der Waals surface area contributed by atoms with Crippen molar-refractivity contribution < 1.29 is 14.6 Å². The summed E-state index contributed by atoms with van der Waals surface area (Å²) in [7, 11) is 0. The van der Waals surface area contributed by atoms with Gasteiger partial charge < -0.3 is 15.1 Å². The number of aryl methyl sites for hydroxylation is 1. The normalized spacial score (nSPS) is 19.6. The molecule has 5 heteroatoms. The first-order valence-electron chi connectivity index (χ1n) is 9.91. The Kier molecular flexibility index (Phi) is 7.69. The van der Waals surface area contributed by atoms with Gasteiger partial charge in [-0.3, -0.25) is 4.79 Å². The molecule has 1 fully saturated rings. The van der Waals surface area contributed by atoms with Gasteiger partial charge in [0.05, 0.1) is 0 Å². The highest BCUT2D eigenvalue weighted by Crippen LogP contribution is 2.09. The number of amides is 1. The molecule has 1 saturated heterocycles. The average molecular weight is 388 g/mol. The monoisotopic (exact) mass is 387 g/mol. The molecule has 27 heavy (non-hydrogen) atoms. The van der Waals surface area contributed by atoms with Crippen molar-refractivity contribution in [1.29, 1.82) is 0 Å². The molecule has 0 aromatic heterocycles. The van der Waals surface area contributed by atoms with Crippen LogP contribution in [0.5, 0.6) is 0 Å². The Morgan fingerprint density at radius 3 is 2.37 bits per heavy atom. The average Bonchev–Trinajstić information content (AvgIpc) is 2.68. The fourth-order valence-corrected chi connectivity index (χ4v) is 3.91. The van der Waals surface area contributed by atoms with E-state index in [4.69, 9.17) is 11.6 Å². The van der Waals surface area contributed by atoms with Gasteiger partial charge in [0, 0.05) is 17.1 Å². The van der Waals surface area contributed by atoms with E-state index in [1.54, 1.807) is 4.90 Å². The van der Waals surface area contributed by atoms with E-state index in [0.29, 0.717) is 6.54 Å². The number of carbonyl (C=O) groups excluding carboxylic acids is 1. The molecule has 0 radical (unpaired) electrons. The zero-order valence-electron chi connectivity index (χ0n) is 15.8. The zero-order valence-corrected chi connectivity index (χ0v) is 16.6. The molecule has 1 aliphatic heterocycles. The highest BCUT2D eigenvalue weighted by molar-refractivity contribution is 6.30. The Morgan fingerprint density at radius 2 is 1.63 bits per heavy atom. The molecule has 0 unspecified atom stereocenters. The third-order valence-corrected chi connectivity index (χ3v) is 5.46. The van der Waals surface area contributed by atoms with Crippen LogP contribution in [0.4, 0.5) is 0 Å². The van der Waals surface area contributed by atoms with Crippen molar-refractivity contribution in [3.8, 4) is 0 Å². The van der Waals surface area contributed by atoms with Crippen molar-refractivity contribution in [3.63, 3.8) is 0 Å². The smallest absolute Gasteiger partial charge is 0.275 e. The van der Waals surface area contributed by atoms with E-state index in [2.05, 4.69) is 41.7 Å². The maximum Gasteiger partial charge on any atom is 0.275 e. The Balaban J connectivity index is 1.30. The first-order chi connectivity index (χ1) is 13.2. The predicted molar refractivity (Wildman–Crippen MR) is 109 cm³/mol. The van der Waals surface area contributed by atoms with E-state index in [-0.39, 0.29) is 5.91 Å².